The molecule has 30 heavy (non-hydrogen) atoms. The molecule has 3 aromatic rings. The van der Waals surface area contributed by atoms with E-state index < -0.39 is 0 Å². The third-order valence-electron chi connectivity index (χ3n) is 6.58. The first kappa shape index (κ1) is 18.4. The SMILES string of the molecule is CC1CCc2sc3ncnc(N4CCN(Cc5ccc6c(c5)OCO6)CC4)c3c2C1. The molecule has 1 fully saturated rings. The van der Waals surface area contributed by atoms with Crippen LogP contribution in [-0.2, 0) is 19.4 Å². The smallest absolute Gasteiger partial charge is 0.231 e. The van der Waals surface area contributed by atoms with Crippen LogP contribution in [0.1, 0.15) is 29.3 Å². The molecule has 0 radical (unpaired) electrons. The van der Waals surface area contributed by atoms with E-state index in [-0.39, 0.29) is 0 Å². The van der Waals surface area contributed by atoms with Crippen LogP contribution in [0, 0.1) is 5.92 Å². The molecule has 0 bridgehead atoms. The largest absolute Gasteiger partial charge is 0.454 e. The minimum absolute atomic E-state index is 0.329. The topological polar surface area (TPSA) is 50.7 Å². The zero-order valence-electron chi connectivity index (χ0n) is 17.3. The van der Waals surface area contributed by atoms with Crippen molar-refractivity contribution in [3.8, 4) is 11.5 Å². The summed E-state index contributed by atoms with van der Waals surface area (Å²) in [5.41, 5.74) is 2.80. The molecule has 1 saturated heterocycles. The molecule has 0 saturated carbocycles. The van der Waals surface area contributed by atoms with E-state index in [1.807, 2.05) is 17.4 Å². The van der Waals surface area contributed by atoms with E-state index in [1.165, 1.54) is 45.5 Å². The number of fused-ring (bicyclic) bond motifs is 4. The second kappa shape index (κ2) is 7.39. The monoisotopic (exact) mass is 422 g/mol. The van der Waals surface area contributed by atoms with Gasteiger partial charge in [0.15, 0.2) is 11.5 Å². The van der Waals surface area contributed by atoms with Gasteiger partial charge in [0.25, 0.3) is 0 Å². The van der Waals surface area contributed by atoms with Crippen molar-refractivity contribution in [1.29, 1.82) is 0 Å². The zero-order valence-corrected chi connectivity index (χ0v) is 18.1. The van der Waals surface area contributed by atoms with Crippen LogP contribution in [0.15, 0.2) is 24.5 Å². The molecule has 1 unspecified atom stereocenters. The van der Waals surface area contributed by atoms with Crippen molar-refractivity contribution in [3.63, 3.8) is 0 Å². The highest BCUT2D eigenvalue weighted by Crippen LogP contribution is 2.41. The van der Waals surface area contributed by atoms with Crippen LogP contribution in [0.5, 0.6) is 11.5 Å². The third-order valence-corrected chi connectivity index (χ3v) is 7.78. The predicted molar refractivity (Wildman–Crippen MR) is 119 cm³/mol. The Morgan fingerprint density at radius 1 is 1.10 bits per heavy atom. The summed E-state index contributed by atoms with van der Waals surface area (Å²) in [6, 6.07) is 6.28. The van der Waals surface area contributed by atoms with Crippen LogP contribution in [0.4, 0.5) is 5.82 Å². The summed E-state index contributed by atoms with van der Waals surface area (Å²) in [5.74, 6) is 3.62. The number of ether oxygens (including phenoxy) is 2. The summed E-state index contributed by atoms with van der Waals surface area (Å²) in [4.78, 5) is 17.0. The maximum Gasteiger partial charge on any atom is 0.231 e. The number of nitrogens with zero attached hydrogens (tertiary/aromatic N) is 4. The van der Waals surface area contributed by atoms with Gasteiger partial charge >= 0.3 is 0 Å². The lowest BCUT2D eigenvalue weighted by Gasteiger charge is -2.36. The molecule has 6 nitrogen and oxygen atoms in total. The maximum atomic E-state index is 5.53. The van der Waals surface area contributed by atoms with Gasteiger partial charge < -0.3 is 14.4 Å². The Hall–Kier alpha value is -2.38. The number of aromatic nitrogens is 2. The highest BCUT2D eigenvalue weighted by Gasteiger charge is 2.27. The van der Waals surface area contributed by atoms with Gasteiger partial charge in [-0.05, 0) is 48.4 Å². The fourth-order valence-corrected chi connectivity index (χ4v) is 6.10. The van der Waals surface area contributed by atoms with Crippen LogP contribution in [0.25, 0.3) is 10.2 Å². The molecule has 4 heterocycles. The molecule has 2 aromatic heterocycles. The average Bonchev–Trinajstić information content (AvgIpc) is 3.38. The zero-order chi connectivity index (χ0) is 20.1. The van der Waals surface area contributed by atoms with E-state index in [1.54, 1.807) is 6.33 Å². The second-order valence-corrected chi connectivity index (χ2v) is 9.76. The third kappa shape index (κ3) is 3.20. The Labute approximate surface area is 180 Å². The van der Waals surface area contributed by atoms with Gasteiger partial charge in [-0.25, -0.2) is 9.97 Å². The molecule has 6 rings (SSSR count). The summed E-state index contributed by atoms with van der Waals surface area (Å²) in [7, 11) is 0. The molecule has 2 aliphatic heterocycles. The number of anilines is 1. The minimum atomic E-state index is 0.329. The Bertz CT molecular complexity index is 1090. The number of piperazine rings is 1. The molecule has 1 atom stereocenters. The van der Waals surface area contributed by atoms with Crippen LogP contribution in [-0.4, -0.2) is 47.8 Å². The fraction of sp³-hybridized carbons (Fsp3) is 0.478. The van der Waals surface area contributed by atoms with Crippen molar-refractivity contribution in [2.45, 2.75) is 32.7 Å². The normalized spacial score (nSPS) is 21.2. The van der Waals surface area contributed by atoms with Crippen LogP contribution in [0.3, 0.4) is 0 Å². The summed E-state index contributed by atoms with van der Waals surface area (Å²) in [6.45, 7) is 7.69. The Balaban J connectivity index is 1.19. The van der Waals surface area contributed by atoms with Crippen molar-refractivity contribution >= 4 is 27.4 Å². The van der Waals surface area contributed by atoms with E-state index in [0.29, 0.717) is 6.79 Å². The molecule has 1 aliphatic carbocycles. The highest BCUT2D eigenvalue weighted by molar-refractivity contribution is 7.19. The summed E-state index contributed by atoms with van der Waals surface area (Å²) >= 11 is 1.88. The van der Waals surface area contributed by atoms with Gasteiger partial charge in [-0.15, -0.1) is 11.3 Å². The van der Waals surface area contributed by atoms with E-state index in [2.05, 4.69) is 33.8 Å². The molecular formula is C23H26N4O2S. The Morgan fingerprint density at radius 3 is 2.87 bits per heavy atom. The number of thiophene rings is 1. The predicted octanol–water partition coefficient (Wildman–Crippen LogP) is 3.87. The van der Waals surface area contributed by atoms with E-state index >= 15 is 0 Å². The number of hydrogen-bond donors (Lipinski definition) is 0. The van der Waals surface area contributed by atoms with Gasteiger partial charge in [0.05, 0.1) is 5.39 Å². The molecule has 0 spiro atoms. The number of hydrogen-bond acceptors (Lipinski definition) is 7. The molecule has 0 N–H and O–H groups in total. The first-order chi connectivity index (χ1) is 14.7. The number of benzene rings is 1. The molecule has 156 valence electrons. The van der Waals surface area contributed by atoms with Gasteiger partial charge in [0, 0.05) is 37.6 Å². The lowest BCUT2D eigenvalue weighted by Crippen LogP contribution is -2.46. The molecule has 3 aliphatic rings. The van der Waals surface area contributed by atoms with Gasteiger partial charge in [0.2, 0.25) is 6.79 Å². The molecule has 0 amide bonds. The minimum Gasteiger partial charge on any atom is -0.454 e. The van der Waals surface area contributed by atoms with Crippen molar-refractivity contribution in [2.24, 2.45) is 5.92 Å². The van der Waals surface area contributed by atoms with Crippen molar-refractivity contribution in [3.05, 3.63) is 40.5 Å². The summed E-state index contributed by atoms with van der Waals surface area (Å²) in [6.07, 6.45) is 5.41. The van der Waals surface area contributed by atoms with Gasteiger partial charge in [0.1, 0.15) is 17.0 Å². The summed E-state index contributed by atoms with van der Waals surface area (Å²) in [5, 5.41) is 1.33. The lowest BCUT2D eigenvalue weighted by molar-refractivity contribution is 0.174. The molecule has 1 aromatic carbocycles. The second-order valence-electron chi connectivity index (χ2n) is 8.68. The quantitative estimate of drug-likeness (QED) is 0.639. The van der Waals surface area contributed by atoms with Crippen molar-refractivity contribution in [2.75, 3.05) is 37.9 Å². The van der Waals surface area contributed by atoms with Crippen LogP contribution >= 0.6 is 11.3 Å². The number of aryl methyl sites for hydroxylation is 1. The first-order valence-electron chi connectivity index (χ1n) is 10.9. The Kier molecular flexibility index (Phi) is 4.53. The maximum absolute atomic E-state index is 5.53. The van der Waals surface area contributed by atoms with Crippen molar-refractivity contribution < 1.29 is 9.47 Å². The van der Waals surface area contributed by atoms with Crippen LogP contribution < -0.4 is 14.4 Å². The van der Waals surface area contributed by atoms with Gasteiger partial charge in [-0.2, -0.15) is 0 Å². The molecular weight excluding hydrogens is 396 g/mol. The van der Waals surface area contributed by atoms with Gasteiger partial charge in [-0.3, -0.25) is 4.90 Å². The van der Waals surface area contributed by atoms with Crippen molar-refractivity contribution in [1.82, 2.24) is 14.9 Å². The summed E-state index contributed by atoms with van der Waals surface area (Å²) < 4.78 is 11.0. The average molecular weight is 423 g/mol. The molecule has 7 heteroatoms. The van der Waals surface area contributed by atoms with Gasteiger partial charge in [-0.1, -0.05) is 13.0 Å². The highest BCUT2D eigenvalue weighted by atomic mass is 32.1. The Morgan fingerprint density at radius 2 is 1.97 bits per heavy atom. The lowest BCUT2D eigenvalue weighted by atomic mass is 9.88. The van der Waals surface area contributed by atoms with E-state index in [4.69, 9.17) is 14.5 Å². The first-order valence-corrected chi connectivity index (χ1v) is 11.7. The van der Waals surface area contributed by atoms with E-state index in [9.17, 15) is 0 Å². The van der Waals surface area contributed by atoms with Crippen LogP contribution in [0.2, 0.25) is 0 Å². The number of rotatable bonds is 3. The fourth-order valence-electron chi connectivity index (χ4n) is 4.92. The standard InChI is InChI=1S/C23H26N4O2S/c1-15-2-5-20-17(10-15)21-22(24-13-25-23(21)30-20)27-8-6-26(7-9-27)12-16-3-4-18-19(11-16)29-14-28-18/h3-4,11,13,15H,2,5-10,12,14H2,1H3. The van der Waals surface area contributed by atoms with E-state index in [0.717, 1.165) is 56.0 Å².